The van der Waals surface area contributed by atoms with Crippen molar-refractivity contribution in [2.24, 2.45) is 5.73 Å². The highest BCUT2D eigenvalue weighted by Crippen LogP contribution is 2.18. The van der Waals surface area contributed by atoms with E-state index < -0.39 is 24.7 Å². The molecule has 0 radical (unpaired) electrons. The van der Waals surface area contributed by atoms with E-state index in [9.17, 15) is 18.0 Å². The number of carbonyl (C=O) groups is 1. The average Bonchev–Trinajstić information content (AvgIpc) is 2.42. The van der Waals surface area contributed by atoms with Crippen LogP contribution in [0.15, 0.2) is 30.3 Å². The van der Waals surface area contributed by atoms with Gasteiger partial charge in [-0.05, 0) is 18.4 Å². The van der Waals surface area contributed by atoms with E-state index in [-0.39, 0.29) is 13.0 Å². The Morgan fingerprint density at radius 2 is 1.90 bits per heavy atom. The van der Waals surface area contributed by atoms with E-state index in [0.29, 0.717) is 6.42 Å². The zero-order valence-corrected chi connectivity index (χ0v) is 12.1. The van der Waals surface area contributed by atoms with Gasteiger partial charge in [-0.2, -0.15) is 13.2 Å². The summed E-state index contributed by atoms with van der Waals surface area (Å²) < 4.78 is 37.6. The number of halogens is 3. The average molecular weight is 302 g/mol. The van der Waals surface area contributed by atoms with Crippen molar-refractivity contribution in [1.82, 2.24) is 4.90 Å². The molecule has 6 heteroatoms. The quantitative estimate of drug-likeness (QED) is 0.842. The van der Waals surface area contributed by atoms with Gasteiger partial charge in [0.25, 0.3) is 0 Å². The number of hydrogen-bond donors (Lipinski definition) is 1. The summed E-state index contributed by atoms with van der Waals surface area (Å²) in [6, 6.07) is 8.08. The maximum Gasteiger partial charge on any atom is 0.406 e. The summed E-state index contributed by atoms with van der Waals surface area (Å²) in [7, 11) is 0. The maximum absolute atomic E-state index is 12.5. The Morgan fingerprint density at radius 3 is 2.43 bits per heavy atom. The smallest absolute Gasteiger partial charge is 0.332 e. The highest BCUT2D eigenvalue weighted by molar-refractivity contribution is 5.82. The zero-order chi connectivity index (χ0) is 15.9. The normalized spacial score (nSPS) is 13.0. The highest BCUT2D eigenvalue weighted by atomic mass is 19.4. The van der Waals surface area contributed by atoms with Crippen molar-refractivity contribution in [3.63, 3.8) is 0 Å². The second kappa shape index (κ2) is 8.02. The molecule has 0 aliphatic heterocycles. The number of unbranched alkanes of at least 4 members (excludes halogenated alkanes) is 1. The molecule has 0 saturated heterocycles. The molecule has 0 aromatic heterocycles. The molecule has 0 bridgehead atoms. The summed E-state index contributed by atoms with van der Waals surface area (Å²) in [5, 5.41) is 0. The molecule has 0 spiro atoms. The van der Waals surface area contributed by atoms with Crippen molar-refractivity contribution in [3.8, 4) is 0 Å². The second-order valence-corrected chi connectivity index (χ2v) is 5.02. The molecule has 0 saturated carbocycles. The molecule has 0 fully saturated rings. The predicted molar refractivity (Wildman–Crippen MR) is 75.7 cm³/mol. The number of alkyl halides is 3. The van der Waals surface area contributed by atoms with E-state index in [4.69, 9.17) is 5.73 Å². The SMILES string of the molecule is CCCCN(CC(F)(F)F)C(=O)C(N)Cc1ccccc1. The molecule has 1 rings (SSSR count). The van der Waals surface area contributed by atoms with Gasteiger partial charge in [-0.25, -0.2) is 0 Å². The first-order valence-electron chi connectivity index (χ1n) is 6.98. The minimum absolute atomic E-state index is 0.0807. The van der Waals surface area contributed by atoms with Gasteiger partial charge < -0.3 is 10.6 Å². The third-order valence-electron chi connectivity index (χ3n) is 3.08. The van der Waals surface area contributed by atoms with E-state index in [1.54, 1.807) is 24.3 Å². The second-order valence-electron chi connectivity index (χ2n) is 5.02. The van der Waals surface area contributed by atoms with Crippen LogP contribution in [0.25, 0.3) is 0 Å². The predicted octanol–water partition coefficient (Wildman–Crippen LogP) is 2.75. The van der Waals surface area contributed by atoms with Crippen molar-refractivity contribution in [2.75, 3.05) is 13.1 Å². The molecule has 0 aliphatic carbocycles. The van der Waals surface area contributed by atoms with Crippen LogP contribution in [0.3, 0.4) is 0 Å². The molecule has 1 aromatic rings. The van der Waals surface area contributed by atoms with Crippen LogP contribution < -0.4 is 5.73 Å². The van der Waals surface area contributed by atoms with Gasteiger partial charge in [-0.1, -0.05) is 43.7 Å². The van der Waals surface area contributed by atoms with Crippen molar-refractivity contribution < 1.29 is 18.0 Å². The molecule has 3 nitrogen and oxygen atoms in total. The van der Waals surface area contributed by atoms with Gasteiger partial charge in [-0.3, -0.25) is 4.79 Å². The highest BCUT2D eigenvalue weighted by Gasteiger charge is 2.34. The molecule has 2 N–H and O–H groups in total. The topological polar surface area (TPSA) is 46.3 Å². The molecule has 1 atom stereocenters. The Morgan fingerprint density at radius 1 is 1.29 bits per heavy atom. The fraction of sp³-hybridized carbons (Fsp3) is 0.533. The van der Waals surface area contributed by atoms with Gasteiger partial charge in [-0.15, -0.1) is 0 Å². The lowest BCUT2D eigenvalue weighted by molar-refractivity contribution is -0.162. The van der Waals surface area contributed by atoms with E-state index in [2.05, 4.69) is 0 Å². The molecule has 0 heterocycles. The summed E-state index contributed by atoms with van der Waals surface area (Å²) in [5.74, 6) is -0.648. The van der Waals surface area contributed by atoms with E-state index in [1.165, 1.54) is 0 Å². The lowest BCUT2D eigenvalue weighted by atomic mass is 10.1. The van der Waals surface area contributed by atoms with Crippen molar-refractivity contribution in [3.05, 3.63) is 35.9 Å². The molecule has 0 aliphatic rings. The number of rotatable bonds is 7. The van der Waals surface area contributed by atoms with E-state index in [0.717, 1.165) is 16.9 Å². The van der Waals surface area contributed by atoms with Gasteiger partial charge in [0.1, 0.15) is 6.54 Å². The monoisotopic (exact) mass is 302 g/mol. The fourth-order valence-electron chi connectivity index (χ4n) is 2.02. The van der Waals surface area contributed by atoms with E-state index in [1.807, 2.05) is 13.0 Å². The molecule has 1 amide bonds. The number of hydrogen-bond acceptors (Lipinski definition) is 2. The van der Waals surface area contributed by atoms with Crippen molar-refractivity contribution >= 4 is 5.91 Å². The standard InChI is InChI=1S/C15H21F3N2O/c1-2-3-9-20(11-15(16,17)18)14(21)13(19)10-12-7-5-4-6-8-12/h4-8,13H,2-3,9-11,19H2,1H3. The van der Waals surface area contributed by atoms with Crippen molar-refractivity contribution in [2.45, 2.75) is 38.4 Å². The fourth-order valence-corrected chi connectivity index (χ4v) is 2.02. The largest absolute Gasteiger partial charge is 0.406 e. The summed E-state index contributed by atoms with van der Waals surface area (Å²) in [6.45, 7) is 0.700. The zero-order valence-electron chi connectivity index (χ0n) is 12.1. The molecule has 21 heavy (non-hydrogen) atoms. The summed E-state index contributed by atoms with van der Waals surface area (Å²) >= 11 is 0. The lowest BCUT2D eigenvalue weighted by Gasteiger charge is -2.26. The van der Waals surface area contributed by atoms with Crippen LogP contribution in [-0.2, 0) is 11.2 Å². The van der Waals surface area contributed by atoms with Crippen LogP contribution in [0.5, 0.6) is 0 Å². The van der Waals surface area contributed by atoms with E-state index >= 15 is 0 Å². The first-order chi connectivity index (χ1) is 9.83. The summed E-state index contributed by atoms with van der Waals surface area (Å²) in [5.41, 5.74) is 6.62. The van der Waals surface area contributed by atoms with Gasteiger partial charge in [0, 0.05) is 6.54 Å². The molecular weight excluding hydrogens is 281 g/mol. The summed E-state index contributed by atoms with van der Waals surface area (Å²) in [6.07, 6.45) is -2.93. The van der Waals surface area contributed by atoms with Gasteiger partial charge in [0.05, 0.1) is 6.04 Å². The van der Waals surface area contributed by atoms with Crippen LogP contribution in [0.4, 0.5) is 13.2 Å². The first-order valence-corrected chi connectivity index (χ1v) is 6.98. The number of carbonyl (C=O) groups excluding carboxylic acids is 1. The first kappa shape index (κ1) is 17.5. The molecule has 1 unspecified atom stereocenters. The van der Waals surface area contributed by atoms with Gasteiger partial charge in [0.2, 0.25) is 5.91 Å². The minimum Gasteiger partial charge on any atom is -0.332 e. The Labute approximate surface area is 122 Å². The van der Waals surface area contributed by atoms with Gasteiger partial charge in [0.15, 0.2) is 0 Å². The third kappa shape index (κ3) is 6.62. The van der Waals surface area contributed by atoms with Gasteiger partial charge >= 0.3 is 6.18 Å². The molecule has 1 aromatic carbocycles. The lowest BCUT2D eigenvalue weighted by Crippen LogP contribution is -2.48. The number of benzene rings is 1. The maximum atomic E-state index is 12.5. The van der Waals surface area contributed by atoms with Crippen molar-refractivity contribution in [1.29, 1.82) is 0 Å². The molecule has 118 valence electrons. The van der Waals surface area contributed by atoms with Crippen LogP contribution in [0.2, 0.25) is 0 Å². The van der Waals surface area contributed by atoms with Crippen LogP contribution in [0, 0.1) is 0 Å². The minimum atomic E-state index is -4.41. The van der Waals surface area contributed by atoms with Crippen LogP contribution in [-0.4, -0.2) is 36.1 Å². The molecular formula is C15H21F3N2O. The van der Waals surface area contributed by atoms with Crippen LogP contribution >= 0.6 is 0 Å². The number of nitrogens with two attached hydrogens (primary N) is 1. The van der Waals surface area contributed by atoms with Crippen LogP contribution in [0.1, 0.15) is 25.3 Å². The third-order valence-corrected chi connectivity index (χ3v) is 3.08. The Kier molecular flexibility index (Phi) is 6.68. The Bertz CT molecular complexity index is 434. The number of nitrogens with zero attached hydrogens (tertiary/aromatic N) is 1. The number of amides is 1. The Balaban J connectivity index is 2.69. The Hall–Kier alpha value is -1.56. The summed E-state index contributed by atoms with van der Waals surface area (Å²) in [4.78, 5) is 12.9.